The van der Waals surface area contributed by atoms with E-state index in [0.717, 1.165) is 103 Å². The standard InChI is InChI=1S/C22H37N7O2.HI/c1-2-23-22(29-15-11-27(12-16-29)18-20-6-17-31-25-20)24-7-8-26-9-13-28(14-10-26)21(30)19-4-3-5-19;/h6,17,19H,2-5,7-16,18H2,1H3,(H,23,24);1H. The minimum Gasteiger partial charge on any atom is -0.364 e. The van der Waals surface area contributed by atoms with Crippen LogP contribution in [0, 0.1) is 5.92 Å². The van der Waals surface area contributed by atoms with Gasteiger partial charge in [0.1, 0.15) is 6.26 Å². The molecule has 1 aromatic rings. The van der Waals surface area contributed by atoms with Crippen LogP contribution in [0.5, 0.6) is 0 Å². The van der Waals surface area contributed by atoms with Crippen molar-refractivity contribution in [1.82, 2.24) is 30.1 Å². The fourth-order valence-corrected chi connectivity index (χ4v) is 4.49. The summed E-state index contributed by atoms with van der Waals surface area (Å²) < 4.78 is 4.94. The first-order valence-corrected chi connectivity index (χ1v) is 11.9. The van der Waals surface area contributed by atoms with E-state index >= 15 is 0 Å². The maximum atomic E-state index is 12.4. The van der Waals surface area contributed by atoms with Gasteiger partial charge in [0, 0.05) is 84.0 Å². The van der Waals surface area contributed by atoms with Crippen molar-refractivity contribution in [2.45, 2.75) is 32.7 Å². The molecule has 1 aliphatic carbocycles. The molecule has 3 aliphatic rings. The summed E-state index contributed by atoms with van der Waals surface area (Å²) in [5.74, 6) is 1.72. The van der Waals surface area contributed by atoms with Gasteiger partial charge in [-0.05, 0) is 19.8 Å². The number of halogens is 1. The van der Waals surface area contributed by atoms with Gasteiger partial charge in [0.05, 0.1) is 12.2 Å². The Kier molecular flexibility index (Phi) is 10.0. The van der Waals surface area contributed by atoms with Crippen LogP contribution >= 0.6 is 24.0 Å². The summed E-state index contributed by atoms with van der Waals surface area (Å²) in [5.41, 5.74) is 0.989. The molecule has 4 rings (SSSR count). The number of rotatable bonds is 7. The molecule has 10 heteroatoms. The fourth-order valence-electron chi connectivity index (χ4n) is 4.49. The predicted octanol–water partition coefficient (Wildman–Crippen LogP) is 1.32. The normalized spacial score (nSPS) is 21.2. The highest BCUT2D eigenvalue weighted by molar-refractivity contribution is 14.0. The number of amides is 1. The van der Waals surface area contributed by atoms with Crippen molar-refractivity contribution in [1.29, 1.82) is 0 Å². The van der Waals surface area contributed by atoms with Crippen LogP contribution < -0.4 is 5.32 Å². The number of nitrogens with zero attached hydrogens (tertiary/aromatic N) is 6. The first kappa shape index (κ1) is 25.2. The molecule has 3 heterocycles. The number of hydrogen-bond donors (Lipinski definition) is 1. The van der Waals surface area contributed by atoms with E-state index < -0.39 is 0 Å². The number of hydrogen-bond acceptors (Lipinski definition) is 6. The number of guanidine groups is 1. The van der Waals surface area contributed by atoms with Crippen LogP contribution in [0.2, 0.25) is 0 Å². The van der Waals surface area contributed by atoms with Gasteiger partial charge in [-0.3, -0.25) is 19.6 Å². The highest BCUT2D eigenvalue weighted by Crippen LogP contribution is 2.28. The van der Waals surface area contributed by atoms with Crippen LogP contribution in [0.15, 0.2) is 21.8 Å². The van der Waals surface area contributed by atoms with Gasteiger partial charge < -0.3 is 19.6 Å². The SMILES string of the molecule is CCNC(=NCCN1CCN(C(=O)C2CCC2)CC1)N1CCN(Cc2ccon2)CC1.I. The predicted molar refractivity (Wildman–Crippen MR) is 135 cm³/mol. The molecule has 2 saturated heterocycles. The summed E-state index contributed by atoms with van der Waals surface area (Å²) in [4.78, 5) is 26.6. The monoisotopic (exact) mass is 559 g/mol. The molecule has 1 N–H and O–H groups in total. The quantitative estimate of drug-likeness (QED) is 0.307. The fraction of sp³-hybridized carbons (Fsp3) is 0.773. The van der Waals surface area contributed by atoms with E-state index in [4.69, 9.17) is 9.52 Å². The number of aromatic nitrogens is 1. The van der Waals surface area contributed by atoms with Crippen molar-refractivity contribution in [3.63, 3.8) is 0 Å². The number of nitrogens with one attached hydrogen (secondary N) is 1. The molecule has 9 nitrogen and oxygen atoms in total. The topological polar surface area (TPSA) is 80.5 Å². The highest BCUT2D eigenvalue weighted by Gasteiger charge is 2.31. The summed E-state index contributed by atoms with van der Waals surface area (Å²) in [6.45, 7) is 13.2. The van der Waals surface area contributed by atoms with Gasteiger partial charge in [-0.2, -0.15) is 0 Å². The average Bonchev–Trinajstić information content (AvgIpc) is 3.26. The second-order valence-corrected chi connectivity index (χ2v) is 8.78. The van der Waals surface area contributed by atoms with Crippen molar-refractivity contribution in [2.24, 2.45) is 10.9 Å². The lowest BCUT2D eigenvalue weighted by atomic mass is 9.84. The lowest BCUT2D eigenvalue weighted by Crippen LogP contribution is -2.53. The third kappa shape index (κ3) is 6.80. The van der Waals surface area contributed by atoms with Gasteiger partial charge in [-0.15, -0.1) is 24.0 Å². The molecule has 0 spiro atoms. The minimum atomic E-state index is 0. The maximum absolute atomic E-state index is 12.4. The zero-order valence-corrected chi connectivity index (χ0v) is 21.6. The number of aliphatic imine (C=N–C) groups is 1. The van der Waals surface area contributed by atoms with Gasteiger partial charge in [0.2, 0.25) is 5.91 Å². The Morgan fingerprint density at radius 2 is 1.78 bits per heavy atom. The second kappa shape index (κ2) is 12.7. The van der Waals surface area contributed by atoms with Gasteiger partial charge in [-0.1, -0.05) is 11.6 Å². The second-order valence-electron chi connectivity index (χ2n) is 8.78. The molecule has 0 atom stereocenters. The Morgan fingerprint density at radius 3 is 2.38 bits per heavy atom. The Labute approximate surface area is 208 Å². The molecule has 0 radical (unpaired) electrons. The molecule has 3 fully saturated rings. The number of carbonyl (C=O) groups is 1. The van der Waals surface area contributed by atoms with E-state index in [1.54, 1.807) is 6.26 Å². The first-order valence-electron chi connectivity index (χ1n) is 11.9. The van der Waals surface area contributed by atoms with E-state index in [9.17, 15) is 4.79 Å². The Balaban J connectivity index is 0.00000289. The van der Waals surface area contributed by atoms with Gasteiger partial charge in [-0.25, -0.2) is 0 Å². The summed E-state index contributed by atoms with van der Waals surface area (Å²) in [6.07, 6.45) is 5.04. The smallest absolute Gasteiger partial charge is 0.225 e. The Hall–Kier alpha value is -1.40. The number of piperazine rings is 2. The maximum Gasteiger partial charge on any atom is 0.225 e. The number of carbonyl (C=O) groups excluding carboxylic acids is 1. The van der Waals surface area contributed by atoms with E-state index in [1.807, 2.05) is 6.07 Å². The van der Waals surface area contributed by atoms with Crippen LogP contribution in [0.3, 0.4) is 0 Å². The van der Waals surface area contributed by atoms with E-state index in [0.29, 0.717) is 11.8 Å². The van der Waals surface area contributed by atoms with E-state index in [-0.39, 0.29) is 24.0 Å². The summed E-state index contributed by atoms with van der Waals surface area (Å²) in [6, 6.07) is 1.93. The molecule has 0 bridgehead atoms. The molecule has 0 unspecified atom stereocenters. The van der Waals surface area contributed by atoms with Crippen molar-refractivity contribution in [3.8, 4) is 0 Å². The molecule has 180 valence electrons. The molecule has 2 aliphatic heterocycles. The lowest BCUT2D eigenvalue weighted by Gasteiger charge is -2.38. The van der Waals surface area contributed by atoms with Gasteiger partial charge in [0.15, 0.2) is 5.96 Å². The van der Waals surface area contributed by atoms with E-state index in [1.165, 1.54) is 6.42 Å². The summed E-state index contributed by atoms with van der Waals surface area (Å²) >= 11 is 0. The largest absolute Gasteiger partial charge is 0.364 e. The molecule has 1 amide bonds. The van der Waals surface area contributed by atoms with Crippen LogP contribution in [0.1, 0.15) is 31.9 Å². The van der Waals surface area contributed by atoms with Gasteiger partial charge >= 0.3 is 0 Å². The highest BCUT2D eigenvalue weighted by atomic mass is 127. The van der Waals surface area contributed by atoms with Crippen LogP contribution in [-0.2, 0) is 11.3 Å². The summed E-state index contributed by atoms with van der Waals surface area (Å²) in [5, 5.41) is 7.47. The Bertz CT molecular complexity index is 710. The lowest BCUT2D eigenvalue weighted by molar-refractivity contribution is -0.139. The average molecular weight is 559 g/mol. The Morgan fingerprint density at radius 1 is 1.09 bits per heavy atom. The third-order valence-electron chi connectivity index (χ3n) is 6.70. The van der Waals surface area contributed by atoms with Crippen molar-refractivity contribution in [2.75, 3.05) is 72.0 Å². The molecule has 1 aromatic heterocycles. The zero-order chi connectivity index (χ0) is 21.5. The van der Waals surface area contributed by atoms with Crippen LogP contribution in [-0.4, -0.2) is 109 Å². The zero-order valence-electron chi connectivity index (χ0n) is 19.2. The molecular weight excluding hydrogens is 521 g/mol. The molecule has 1 saturated carbocycles. The van der Waals surface area contributed by atoms with E-state index in [2.05, 4.69) is 37.0 Å². The minimum absolute atomic E-state index is 0. The van der Waals surface area contributed by atoms with Crippen molar-refractivity contribution < 1.29 is 9.32 Å². The molecule has 0 aromatic carbocycles. The molecule has 32 heavy (non-hydrogen) atoms. The first-order chi connectivity index (χ1) is 15.2. The van der Waals surface area contributed by atoms with Crippen molar-refractivity contribution in [3.05, 3.63) is 18.0 Å². The van der Waals surface area contributed by atoms with Crippen molar-refractivity contribution >= 4 is 35.8 Å². The van der Waals surface area contributed by atoms with Crippen LogP contribution in [0.4, 0.5) is 0 Å². The van der Waals surface area contributed by atoms with Gasteiger partial charge in [0.25, 0.3) is 0 Å². The molecular formula is C22H38IN7O2. The summed E-state index contributed by atoms with van der Waals surface area (Å²) in [7, 11) is 0. The third-order valence-corrected chi connectivity index (χ3v) is 6.70. The van der Waals surface area contributed by atoms with Crippen LogP contribution in [0.25, 0.3) is 0 Å².